The van der Waals surface area contributed by atoms with E-state index in [9.17, 15) is 0 Å². The SMILES string of the molecule is C.C.C.C.CCC(C)c1ccc(OC(C)OCC(C)C)cc1.CCC(C)c1ccc(OCOC23CC4CC(CC(C4)C2)C3)cc1.CCC(C)c1ccc(OCOCC23CC4CC(CC(C4)C2)C3)cc1. The lowest BCUT2D eigenvalue weighted by Gasteiger charge is -2.56. The largest absolute Gasteiger partial charge is 0.468 e. The van der Waals surface area contributed by atoms with Crippen LogP contribution in [0.15, 0.2) is 72.8 Å². The van der Waals surface area contributed by atoms with Gasteiger partial charge in [0.25, 0.3) is 0 Å². The molecule has 0 aliphatic heterocycles. The molecule has 8 aliphatic rings. The van der Waals surface area contributed by atoms with Crippen molar-refractivity contribution in [3.05, 3.63) is 89.5 Å². The van der Waals surface area contributed by atoms with E-state index in [1.54, 1.807) is 0 Å². The van der Waals surface area contributed by atoms with Crippen molar-refractivity contribution < 1.29 is 28.4 Å². The highest BCUT2D eigenvalue weighted by Crippen LogP contribution is 2.60. The fourth-order valence-corrected chi connectivity index (χ4v) is 13.2. The van der Waals surface area contributed by atoms with Gasteiger partial charge in [0.2, 0.25) is 0 Å². The van der Waals surface area contributed by atoms with Crippen molar-refractivity contribution in [3.63, 3.8) is 0 Å². The monoisotopic (exact) mass is 957 g/mol. The third-order valence-corrected chi connectivity index (χ3v) is 16.6. The highest BCUT2D eigenvalue weighted by Gasteiger charge is 2.52. The van der Waals surface area contributed by atoms with Crippen LogP contribution in [0.1, 0.15) is 223 Å². The molecule has 0 heterocycles. The molecule has 6 heteroatoms. The molecule has 0 saturated heterocycles. The number of benzene rings is 3. The second kappa shape index (κ2) is 28.3. The summed E-state index contributed by atoms with van der Waals surface area (Å²) in [4.78, 5) is 0. The Kier molecular flexibility index (Phi) is 24.7. The van der Waals surface area contributed by atoms with E-state index < -0.39 is 0 Å². The molecule has 392 valence electrons. The molecule has 11 rings (SSSR count). The fraction of sp³-hybridized carbons (Fsp3) is 0.714. The summed E-state index contributed by atoms with van der Waals surface area (Å²) in [5.74, 6) is 10.9. The highest BCUT2D eigenvalue weighted by atomic mass is 16.7. The summed E-state index contributed by atoms with van der Waals surface area (Å²) in [6.07, 6.45) is 20.2. The van der Waals surface area contributed by atoms with Crippen molar-refractivity contribution >= 4 is 0 Å². The van der Waals surface area contributed by atoms with Crippen LogP contribution >= 0.6 is 0 Å². The van der Waals surface area contributed by atoms with Crippen molar-refractivity contribution in [1.82, 2.24) is 0 Å². The number of ether oxygens (including phenoxy) is 6. The Labute approximate surface area is 425 Å². The minimum Gasteiger partial charge on any atom is -0.468 e. The third-order valence-electron chi connectivity index (χ3n) is 16.6. The number of rotatable bonds is 20. The zero-order chi connectivity index (χ0) is 46.0. The van der Waals surface area contributed by atoms with Gasteiger partial charge in [0.05, 0.1) is 18.8 Å². The van der Waals surface area contributed by atoms with E-state index in [1.165, 1.54) is 107 Å². The maximum absolute atomic E-state index is 6.32. The summed E-state index contributed by atoms with van der Waals surface area (Å²) in [6, 6.07) is 25.4. The van der Waals surface area contributed by atoms with E-state index in [0.29, 0.717) is 42.7 Å². The lowest BCUT2D eigenvalue weighted by Crippen LogP contribution is -2.52. The Hall–Kier alpha value is -3.06. The second-order valence-corrected chi connectivity index (χ2v) is 22.6. The summed E-state index contributed by atoms with van der Waals surface area (Å²) in [7, 11) is 0. The molecule has 6 nitrogen and oxygen atoms in total. The Bertz CT molecular complexity index is 1760. The van der Waals surface area contributed by atoms with Crippen molar-refractivity contribution in [2.24, 2.45) is 46.8 Å². The average molecular weight is 958 g/mol. The van der Waals surface area contributed by atoms with Crippen molar-refractivity contribution in [2.45, 2.75) is 218 Å². The van der Waals surface area contributed by atoms with Crippen molar-refractivity contribution in [1.29, 1.82) is 0 Å². The molecule has 8 bridgehead atoms. The molecule has 0 aromatic heterocycles. The third kappa shape index (κ3) is 17.0. The predicted molar refractivity (Wildman–Crippen MR) is 293 cm³/mol. The van der Waals surface area contributed by atoms with Crippen LogP contribution in [0, 0.1) is 46.8 Å². The Balaban J connectivity index is 0.000000269. The first-order valence-corrected chi connectivity index (χ1v) is 26.4. The molecule has 4 atom stereocenters. The molecule has 3 aromatic rings. The highest BCUT2D eigenvalue weighted by molar-refractivity contribution is 5.31. The van der Waals surface area contributed by atoms with Gasteiger partial charge in [0.1, 0.15) is 17.2 Å². The van der Waals surface area contributed by atoms with E-state index in [0.717, 1.165) is 72.4 Å². The van der Waals surface area contributed by atoms with Gasteiger partial charge in [-0.25, -0.2) is 0 Å². The van der Waals surface area contributed by atoms with Gasteiger partial charge >= 0.3 is 0 Å². The first-order chi connectivity index (χ1) is 31.3. The van der Waals surface area contributed by atoms with Crippen LogP contribution in [0.5, 0.6) is 17.2 Å². The lowest BCUT2D eigenvalue weighted by molar-refractivity contribution is -0.190. The van der Waals surface area contributed by atoms with Crippen LogP contribution in [0.2, 0.25) is 0 Å². The second-order valence-electron chi connectivity index (χ2n) is 22.6. The van der Waals surface area contributed by atoms with Crippen LogP contribution in [-0.2, 0) is 14.2 Å². The van der Waals surface area contributed by atoms with E-state index in [1.807, 2.05) is 19.1 Å². The number of hydrogen-bond donors (Lipinski definition) is 0. The standard InChI is InChI=1S/C22H32O2.C21H30O2.C16H26O2.4CH4/c1-3-16(2)20-4-6-21(7-5-20)24-15-23-14-22-11-17-8-18(12-22)10-19(9-17)13-22;1-3-15(2)19-4-6-20(7-5-19)22-14-23-21-11-16-8-17(12-21)10-18(9-16)13-21;1-6-13(4)15-7-9-16(10-8-15)18-14(5)17-11-12(2)3;;;;/h4-7,16-19H,3,8-15H2,1-2H3;4-7,15-18H,3,8-14H2,1-2H3;7-10,12-14H,6,11H2,1-5H3;4*1H4. The fourth-order valence-electron chi connectivity index (χ4n) is 13.2. The van der Waals surface area contributed by atoms with Gasteiger partial charge in [0.15, 0.2) is 19.9 Å². The van der Waals surface area contributed by atoms with Gasteiger partial charge in [-0.05, 0) is 221 Å². The minimum absolute atomic E-state index is 0. The topological polar surface area (TPSA) is 55.4 Å². The first kappa shape index (κ1) is 60.2. The molecule has 3 aromatic carbocycles. The maximum Gasteiger partial charge on any atom is 0.196 e. The van der Waals surface area contributed by atoms with Gasteiger partial charge in [0, 0.05) is 0 Å². The van der Waals surface area contributed by atoms with Crippen molar-refractivity contribution in [3.8, 4) is 17.2 Å². The van der Waals surface area contributed by atoms with Gasteiger partial charge < -0.3 is 28.4 Å². The van der Waals surface area contributed by atoms with E-state index >= 15 is 0 Å². The Morgan fingerprint density at radius 2 is 0.812 bits per heavy atom. The van der Waals surface area contributed by atoms with Gasteiger partial charge in [-0.1, -0.05) is 121 Å². The molecule has 8 aliphatic carbocycles. The van der Waals surface area contributed by atoms with Crippen LogP contribution in [0.4, 0.5) is 0 Å². The zero-order valence-electron chi connectivity index (χ0n) is 42.2. The van der Waals surface area contributed by atoms with Crippen LogP contribution in [0.3, 0.4) is 0 Å². The summed E-state index contributed by atoms with van der Waals surface area (Å²) in [5, 5.41) is 0. The van der Waals surface area contributed by atoms with Crippen molar-refractivity contribution in [2.75, 3.05) is 26.8 Å². The molecule has 4 unspecified atom stereocenters. The van der Waals surface area contributed by atoms with Crippen LogP contribution < -0.4 is 14.2 Å². The predicted octanol–water partition coefficient (Wildman–Crippen LogP) is 18.4. The molecule has 0 amide bonds. The first-order valence-electron chi connectivity index (χ1n) is 26.4. The molecule has 8 fully saturated rings. The molecule has 0 spiro atoms. The van der Waals surface area contributed by atoms with E-state index in [4.69, 9.17) is 28.4 Å². The molecule has 0 N–H and O–H groups in total. The summed E-state index contributed by atoms with van der Waals surface area (Å²) >= 11 is 0. The van der Waals surface area contributed by atoms with Gasteiger partial charge in [-0.3, -0.25) is 0 Å². The molecular weight excluding hydrogens is 853 g/mol. The van der Waals surface area contributed by atoms with Gasteiger partial charge in [-0.2, -0.15) is 0 Å². The molecule has 69 heavy (non-hydrogen) atoms. The summed E-state index contributed by atoms with van der Waals surface area (Å²) in [5.41, 5.74) is 4.77. The van der Waals surface area contributed by atoms with Crippen LogP contribution in [-0.4, -0.2) is 38.7 Å². The maximum atomic E-state index is 6.32. The normalized spacial score (nSPS) is 28.1. The smallest absolute Gasteiger partial charge is 0.196 e. The average Bonchev–Trinajstić information content (AvgIpc) is 3.29. The molecular formula is C63H104O6. The zero-order valence-corrected chi connectivity index (χ0v) is 42.2. The van der Waals surface area contributed by atoms with Gasteiger partial charge in [-0.15, -0.1) is 0 Å². The van der Waals surface area contributed by atoms with Crippen LogP contribution in [0.25, 0.3) is 0 Å². The lowest BCUT2D eigenvalue weighted by atomic mass is 9.50. The minimum atomic E-state index is -0.193. The number of hydrogen-bond acceptors (Lipinski definition) is 6. The Morgan fingerprint density at radius 3 is 1.17 bits per heavy atom. The Morgan fingerprint density at radius 1 is 0.464 bits per heavy atom. The van der Waals surface area contributed by atoms with E-state index in [2.05, 4.69) is 116 Å². The quantitative estimate of drug-likeness (QED) is 0.0831. The summed E-state index contributed by atoms with van der Waals surface area (Å²) < 4.78 is 35.3. The molecule has 0 radical (unpaired) electrons. The van der Waals surface area contributed by atoms with E-state index in [-0.39, 0.29) is 41.6 Å². The summed E-state index contributed by atoms with van der Waals surface area (Å²) in [6.45, 7) is 22.1. The molecule has 8 saturated carbocycles.